The Hall–Kier alpha value is -1.56. The zero-order valence-electron chi connectivity index (χ0n) is 15.5. The Bertz CT molecular complexity index is 669. The molecule has 2 aliphatic rings. The second-order valence-electron chi connectivity index (χ2n) is 6.70. The molecule has 2 heterocycles. The first-order chi connectivity index (χ1) is 13.3. The zero-order chi connectivity index (χ0) is 20.8. The summed E-state index contributed by atoms with van der Waals surface area (Å²) in [6, 6.07) is 0. The van der Waals surface area contributed by atoms with E-state index in [2.05, 4.69) is 4.74 Å². The van der Waals surface area contributed by atoms with Crippen molar-refractivity contribution < 1.29 is 29.0 Å². The van der Waals surface area contributed by atoms with Crippen LogP contribution in [0.4, 0.5) is 0 Å². The molecule has 1 saturated heterocycles. The highest BCUT2D eigenvalue weighted by atomic mass is 32.2. The molecule has 0 aromatic rings. The molecule has 4 atom stereocenters. The van der Waals surface area contributed by atoms with Gasteiger partial charge in [0.05, 0.1) is 11.3 Å². The van der Waals surface area contributed by atoms with Crippen molar-refractivity contribution in [3.8, 4) is 0 Å². The number of fused-ring (bicyclic) bond motifs is 1. The SMILES string of the molecule is CC(N)SCC1=C(C(=O)O)N2C(=O)C(CC(=O)CCCC(N)OC=O)C2SC1. The van der Waals surface area contributed by atoms with Gasteiger partial charge in [0, 0.05) is 29.7 Å². The predicted octanol–water partition coefficient (Wildman–Crippen LogP) is 0.482. The highest BCUT2D eigenvalue weighted by molar-refractivity contribution is 8.01. The molecule has 5 N–H and O–H groups in total. The van der Waals surface area contributed by atoms with E-state index >= 15 is 0 Å². The molecule has 9 nitrogen and oxygen atoms in total. The summed E-state index contributed by atoms with van der Waals surface area (Å²) in [6.07, 6.45) is 0.383. The Morgan fingerprint density at radius 2 is 2.18 bits per heavy atom. The summed E-state index contributed by atoms with van der Waals surface area (Å²) >= 11 is 2.90. The largest absolute Gasteiger partial charge is 0.477 e. The quantitative estimate of drug-likeness (QED) is 0.226. The molecule has 1 fully saturated rings. The first kappa shape index (κ1) is 22.7. The molecule has 2 aliphatic heterocycles. The molecule has 4 unspecified atom stereocenters. The standard InChI is InChI=1S/C17H25N3O6S2/c1-9(18)27-6-10-7-28-16-12(15(23)20(16)14(10)17(24)25)5-11(22)3-2-4-13(19)26-8-21/h8-9,12-13,16H,2-7,18-19H2,1H3,(H,24,25). The monoisotopic (exact) mass is 431 g/mol. The minimum Gasteiger partial charge on any atom is -0.477 e. The van der Waals surface area contributed by atoms with Crippen LogP contribution in [0.2, 0.25) is 0 Å². The number of carbonyl (C=O) groups is 4. The van der Waals surface area contributed by atoms with Crippen molar-refractivity contribution in [3.63, 3.8) is 0 Å². The first-order valence-electron chi connectivity index (χ1n) is 8.89. The van der Waals surface area contributed by atoms with E-state index in [-0.39, 0.29) is 47.4 Å². The Morgan fingerprint density at radius 1 is 1.46 bits per heavy atom. The second kappa shape index (κ2) is 10.3. The maximum atomic E-state index is 12.5. The van der Waals surface area contributed by atoms with Crippen molar-refractivity contribution >= 4 is 47.7 Å². The van der Waals surface area contributed by atoms with Gasteiger partial charge in [0.2, 0.25) is 5.91 Å². The number of Topliss-reactive ketones (excluding diaryl/α,β-unsaturated/α-hetero) is 1. The van der Waals surface area contributed by atoms with E-state index in [0.29, 0.717) is 29.9 Å². The molecule has 156 valence electrons. The lowest BCUT2D eigenvalue weighted by Crippen LogP contribution is -2.61. The number of ether oxygens (including phenoxy) is 1. The summed E-state index contributed by atoms with van der Waals surface area (Å²) in [7, 11) is 0. The number of amides is 1. The maximum absolute atomic E-state index is 12.5. The van der Waals surface area contributed by atoms with Gasteiger partial charge < -0.3 is 15.6 Å². The van der Waals surface area contributed by atoms with Crippen molar-refractivity contribution in [2.45, 2.75) is 49.6 Å². The van der Waals surface area contributed by atoms with Crippen LogP contribution < -0.4 is 11.5 Å². The first-order valence-corrected chi connectivity index (χ1v) is 11.0. The number of rotatable bonds is 12. The molecule has 0 aromatic heterocycles. The third-order valence-electron chi connectivity index (χ3n) is 4.50. The Balaban J connectivity index is 1.93. The molecule has 0 bridgehead atoms. The van der Waals surface area contributed by atoms with Gasteiger partial charge in [0.15, 0.2) is 6.23 Å². The van der Waals surface area contributed by atoms with Crippen LogP contribution in [-0.2, 0) is 23.9 Å². The van der Waals surface area contributed by atoms with Gasteiger partial charge in [-0.3, -0.25) is 25.0 Å². The Morgan fingerprint density at radius 3 is 2.79 bits per heavy atom. The van der Waals surface area contributed by atoms with Gasteiger partial charge >= 0.3 is 5.97 Å². The Kier molecular flexibility index (Phi) is 8.35. The summed E-state index contributed by atoms with van der Waals surface area (Å²) in [4.78, 5) is 47.9. The molecular weight excluding hydrogens is 406 g/mol. The Labute approximate surface area is 171 Å². The van der Waals surface area contributed by atoms with Crippen LogP contribution in [0.1, 0.15) is 32.6 Å². The van der Waals surface area contributed by atoms with E-state index in [1.807, 2.05) is 6.92 Å². The van der Waals surface area contributed by atoms with Crippen LogP contribution in [0.15, 0.2) is 11.3 Å². The maximum Gasteiger partial charge on any atom is 0.352 e. The molecule has 11 heteroatoms. The van der Waals surface area contributed by atoms with Gasteiger partial charge in [0.1, 0.15) is 11.5 Å². The molecule has 1 amide bonds. The van der Waals surface area contributed by atoms with E-state index in [0.717, 1.165) is 0 Å². The fourth-order valence-corrected chi connectivity index (χ4v) is 5.39. The lowest BCUT2D eigenvalue weighted by atomic mass is 9.89. The van der Waals surface area contributed by atoms with Crippen molar-refractivity contribution in [2.75, 3.05) is 11.5 Å². The molecule has 2 rings (SSSR count). The summed E-state index contributed by atoms with van der Waals surface area (Å²) in [5.74, 6) is -1.10. The number of β-lactam (4-membered cyclic amide) rings is 1. The minimum atomic E-state index is -1.13. The fourth-order valence-electron chi connectivity index (χ4n) is 3.15. The molecule has 0 aliphatic carbocycles. The van der Waals surface area contributed by atoms with E-state index in [9.17, 15) is 24.3 Å². The average molecular weight is 432 g/mol. The molecule has 28 heavy (non-hydrogen) atoms. The molecule has 0 aromatic carbocycles. The van der Waals surface area contributed by atoms with E-state index in [1.165, 1.54) is 28.4 Å². The van der Waals surface area contributed by atoms with Gasteiger partial charge in [0.25, 0.3) is 6.47 Å². The zero-order valence-corrected chi connectivity index (χ0v) is 17.2. The number of ketones is 1. The molecule has 0 saturated carbocycles. The van der Waals surface area contributed by atoms with Crippen LogP contribution >= 0.6 is 23.5 Å². The fraction of sp³-hybridized carbons (Fsp3) is 0.647. The van der Waals surface area contributed by atoms with E-state index in [4.69, 9.17) is 11.5 Å². The third-order valence-corrected chi connectivity index (χ3v) is 6.94. The number of nitrogens with two attached hydrogens (primary N) is 2. The van der Waals surface area contributed by atoms with E-state index < -0.39 is 18.1 Å². The van der Waals surface area contributed by atoms with Crippen molar-refractivity contribution in [3.05, 3.63) is 11.3 Å². The van der Waals surface area contributed by atoms with Gasteiger partial charge in [-0.1, -0.05) is 0 Å². The number of nitrogens with zero attached hydrogens (tertiary/aromatic N) is 1. The van der Waals surface area contributed by atoms with E-state index in [1.54, 1.807) is 0 Å². The highest BCUT2D eigenvalue weighted by Crippen LogP contribution is 2.45. The highest BCUT2D eigenvalue weighted by Gasteiger charge is 2.53. The number of aliphatic carboxylic acids is 1. The van der Waals surface area contributed by atoms with Crippen LogP contribution in [0, 0.1) is 5.92 Å². The van der Waals surface area contributed by atoms with Crippen molar-refractivity contribution in [1.29, 1.82) is 0 Å². The van der Waals surface area contributed by atoms with Crippen LogP contribution in [0.3, 0.4) is 0 Å². The van der Waals surface area contributed by atoms with Crippen molar-refractivity contribution in [2.24, 2.45) is 17.4 Å². The van der Waals surface area contributed by atoms with Gasteiger partial charge in [-0.25, -0.2) is 4.79 Å². The third kappa shape index (κ3) is 5.49. The number of hydrogen-bond acceptors (Lipinski definition) is 9. The van der Waals surface area contributed by atoms with Gasteiger partial charge in [-0.2, -0.15) is 0 Å². The number of carboxylic acids is 1. The lowest BCUT2D eigenvalue weighted by molar-refractivity contribution is -0.154. The molecular formula is C17H25N3O6S2. The summed E-state index contributed by atoms with van der Waals surface area (Å²) in [5.41, 5.74) is 12.0. The summed E-state index contributed by atoms with van der Waals surface area (Å²) in [6.45, 7) is 2.09. The number of carbonyl (C=O) groups excluding carboxylic acids is 3. The lowest BCUT2D eigenvalue weighted by Gasteiger charge is -2.49. The average Bonchev–Trinajstić information content (AvgIpc) is 2.63. The number of carboxylic acid groups (broad SMARTS) is 1. The summed E-state index contributed by atoms with van der Waals surface area (Å²) < 4.78 is 4.56. The predicted molar refractivity (Wildman–Crippen MR) is 106 cm³/mol. The molecule has 0 radical (unpaired) electrons. The van der Waals surface area contributed by atoms with Crippen LogP contribution in [-0.4, -0.2) is 62.6 Å². The van der Waals surface area contributed by atoms with Crippen molar-refractivity contribution in [1.82, 2.24) is 4.90 Å². The number of hydrogen-bond donors (Lipinski definition) is 3. The molecule has 0 spiro atoms. The van der Waals surface area contributed by atoms with Crippen LogP contribution in [0.25, 0.3) is 0 Å². The van der Waals surface area contributed by atoms with Gasteiger partial charge in [-0.15, -0.1) is 23.5 Å². The van der Waals surface area contributed by atoms with Crippen LogP contribution in [0.5, 0.6) is 0 Å². The van der Waals surface area contributed by atoms with Gasteiger partial charge in [-0.05, 0) is 25.3 Å². The normalized spacial score (nSPS) is 23.5. The second-order valence-corrected chi connectivity index (χ2v) is 9.17. The summed E-state index contributed by atoms with van der Waals surface area (Å²) in [5, 5.41) is 9.12. The smallest absolute Gasteiger partial charge is 0.352 e. The number of thioether (sulfide) groups is 2. The topological polar surface area (TPSA) is 153 Å². The minimum absolute atomic E-state index is 0.0302.